The standard InChI is InChI=1S/C20H19BrN2O2/c1-12-17(16-10-6-7-11-22-16)19(14-8-4-5-9-15(14)21)18(13(2)23-12)20(24)25-3/h4-11,19,23H,1-3H3. The molecule has 0 aliphatic carbocycles. The Bertz CT molecular complexity index is 872. The molecule has 1 aromatic heterocycles. The van der Waals surface area contributed by atoms with Crippen LogP contribution in [0.3, 0.4) is 0 Å². The predicted molar refractivity (Wildman–Crippen MR) is 102 cm³/mol. The third-order valence-corrected chi connectivity index (χ3v) is 5.04. The molecule has 0 bridgehead atoms. The van der Waals surface area contributed by atoms with Crippen molar-refractivity contribution < 1.29 is 9.53 Å². The number of rotatable bonds is 3. The van der Waals surface area contributed by atoms with Gasteiger partial charge in [-0.2, -0.15) is 0 Å². The minimum atomic E-state index is -0.341. The van der Waals surface area contributed by atoms with E-state index in [1.54, 1.807) is 6.20 Å². The lowest BCUT2D eigenvalue weighted by molar-refractivity contribution is -0.136. The number of pyridine rings is 1. The zero-order valence-electron chi connectivity index (χ0n) is 14.3. The zero-order chi connectivity index (χ0) is 18.0. The number of hydrogen-bond donors (Lipinski definition) is 1. The molecule has 1 aromatic carbocycles. The largest absolute Gasteiger partial charge is 0.466 e. The lowest BCUT2D eigenvalue weighted by atomic mass is 9.79. The average Bonchev–Trinajstić information content (AvgIpc) is 2.62. The number of halogens is 1. The van der Waals surface area contributed by atoms with Crippen LogP contribution in [-0.2, 0) is 9.53 Å². The Morgan fingerprint density at radius 2 is 1.84 bits per heavy atom. The fraction of sp³-hybridized carbons (Fsp3) is 0.200. The number of aromatic nitrogens is 1. The Morgan fingerprint density at radius 1 is 1.12 bits per heavy atom. The number of nitrogens with one attached hydrogen (secondary N) is 1. The number of methoxy groups -OCH3 is 1. The third kappa shape index (κ3) is 3.24. The summed E-state index contributed by atoms with van der Waals surface area (Å²) in [5.74, 6) is -0.606. The average molecular weight is 399 g/mol. The van der Waals surface area contributed by atoms with Gasteiger partial charge in [-0.25, -0.2) is 4.79 Å². The van der Waals surface area contributed by atoms with E-state index < -0.39 is 0 Å². The predicted octanol–water partition coefficient (Wildman–Crippen LogP) is 4.41. The minimum Gasteiger partial charge on any atom is -0.466 e. The SMILES string of the molecule is COC(=O)C1=C(C)NC(C)=C(c2ccccn2)C1c1ccccc1Br. The second kappa shape index (κ2) is 7.23. The fourth-order valence-corrected chi connectivity index (χ4v) is 3.77. The van der Waals surface area contributed by atoms with Crippen LogP contribution in [0.15, 0.2) is 70.1 Å². The fourth-order valence-electron chi connectivity index (χ4n) is 3.26. The molecule has 0 saturated carbocycles. The monoisotopic (exact) mass is 398 g/mol. The first-order valence-corrected chi connectivity index (χ1v) is 8.76. The smallest absolute Gasteiger partial charge is 0.336 e. The normalized spacial score (nSPS) is 17.4. The Hall–Kier alpha value is -2.40. The summed E-state index contributed by atoms with van der Waals surface area (Å²) < 4.78 is 6.02. The van der Waals surface area contributed by atoms with Gasteiger partial charge < -0.3 is 10.1 Å². The molecule has 2 heterocycles. The Kier molecular flexibility index (Phi) is 5.04. The molecule has 4 nitrogen and oxygen atoms in total. The molecule has 0 spiro atoms. The number of esters is 1. The Morgan fingerprint density at radius 3 is 2.48 bits per heavy atom. The molecule has 1 unspecified atom stereocenters. The maximum atomic E-state index is 12.6. The quantitative estimate of drug-likeness (QED) is 0.777. The summed E-state index contributed by atoms with van der Waals surface area (Å²) in [6.45, 7) is 3.90. The number of nitrogens with zero attached hydrogens (tertiary/aromatic N) is 1. The van der Waals surface area contributed by atoms with Crippen molar-refractivity contribution in [3.05, 3.63) is 81.4 Å². The maximum Gasteiger partial charge on any atom is 0.336 e. The molecule has 0 saturated heterocycles. The van der Waals surface area contributed by atoms with E-state index in [2.05, 4.69) is 26.2 Å². The first-order chi connectivity index (χ1) is 12.0. The number of dihydropyridines is 1. The topological polar surface area (TPSA) is 51.2 Å². The lowest BCUT2D eigenvalue weighted by Gasteiger charge is -2.31. The second-order valence-electron chi connectivity index (χ2n) is 5.86. The highest BCUT2D eigenvalue weighted by Crippen LogP contribution is 2.45. The van der Waals surface area contributed by atoms with Crippen LogP contribution in [0.4, 0.5) is 0 Å². The van der Waals surface area contributed by atoms with E-state index >= 15 is 0 Å². The van der Waals surface area contributed by atoms with Gasteiger partial charge in [0, 0.05) is 33.6 Å². The number of carbonyl (C=O) groups excluding carboxylic acids is 1. The summed E-state index contributed by atoms with van der Waals surface area (Å²) >= 11 is 3.63. The van der Waals surface area contributed by atoms with Gasteiger partial charge in [0.05, 0.1) is 18.4 Å². The van der Waals surface area contributed by atoms with Gasteiger partial charge in [0.25, 0.3) is 0 Å². The van der Waals surface area contributed by atoms with E-state index in [9.17, 15) is 4.79 Å². The molecule has 5 heteroatoms. The molecule has 1 aliphatic heterocycles. The molecular formula is C20H19BrN2O2. The summed E-state index contributed by atoms with van der Waals surface area (Å²) in [6, 6.07) is 13.7. The summed E-state index contributed by atoms with van der Waals surface area (Å²) in [4.78, 5) is 17.1. The van der Waals surface area contributed by atoms with Crippen molar-refractivity contribution in [2.75, 3.05) is 7.11 Å². The van der Waals surface area contributed by atoms with E-state index in [0.29, 0.717) is 5.57 Å². The van der Waals surface area contributed by atoms with Crippen LogP contribution in [0.2, 0.25) is 0 Å². The van der Waals surface area contributed by atoms with E-state index in [-0.39, 0.29) is 11.9 Å². The molecule has 2 aromatic rings. The molecule has 128 valence electrons. The highest BCUT2D eigenvalue weighted by molar-refractivity contribution is 9.10. The second-order valence-corrected chi connectivity index (χ2v) is 6.72. The highest BCUT2D eigenvalue weighted by atomic mass is 79.9. The van der Waals surface area contributed by atoms with Crippen molar-refractivity contribution in [1.29, 1.82) is 0 Å². The van der Waals surface area contributed by atoms with Crippen molar-refractivity contribution in [3.8, 4) is 0 Å². The van der Waals surface area contributed by atoms with Crippen molar-refractivity contribution in [3.63, 3.8) is 0 Å². The number of hydrogen-bond acceptors (Lipinski definition) is 4. The molecule has 0 fully saturated rings. The summed E-state index contributed by atoms with van der Waals surface area (Å²) in [5.41, 5.74) is 5.18. The van der Waals surface area contributed by atoms with Gasteiger partial charge in [-0.15, -0.1) is 0 Å². The number of allylic oxidation sites excluding steroid dienone is 3. The molecule has 1 atom stereocenters. The Balaban J connectivity index is 2.27. The van der Waals surface area contributed by atoms with Gasteiger partial charge >= 0.3 is 5.97 Å². The molecule has 1 N–H and O–H groups in total. The molecule has 0 radical (unpaired) electrons. The molecule has 25 heavy (non-hydrogen) atoms. The highest BCUT2D eigenvalue weighted by Gasteiger charge is 2.35. The Labute approximate surface area is 155 Å². The van der Waals surface area contributed by atoms with E-state index in [0.717, 1.165) is 32.7 Å². The van der Waals surface area contributed by atoms with Crippen molar-refractivity contribution in [1.82, 2.24) is 10.3 Å². The van der Waals surface area contributed by atoms with Crippen LogP contribution in [0.5, 0.6) is 0 Å². The summed E-state index contributed by atoms with van der Waals surface area (Å²) in [6.07, 6.45) is 1.76. The van der Waals surface area contributed by atoms with Gasteiger partial charge in [-0.1, -0.05) is 40.2 Å². The van der Waals surface area contributed by atoms with Crippen LogP contribution in [0.25, 0.3) is 5.57 Å². The minimum absolute atomic E-state index is 0.265. The third-order valence-electron chi connectivity index (χ3n) is 4.32. The maximum absolute atomic E-state index is 12.6. The van der Waals surface area contributed by atoms with Crippen LogP contribution in [-0.4, -0.2) is 18.1 Å². The number of carbonyl (C=O) groups is 1. The van der Waals surface area contributed by atoms with Gasteiger partial charge in [-0.05, 0) is 37.6 Å². The van der Waals surface area contributed by atoms with E-state index in [4.69, 9.17) is 4.74 Å². The van der Waals surface area contributed by atoms with Crippen LogP contribution < -0.4 is 5.32 Å². The van der Waals surface area contributed by atoms with Crippen LogP contribution in [0.1, 0.15) is 31.0 Å². The number of benzene rings is 1. The first kappa shape index (κ1) is 17.4. The molecule has 3 rings (SSSR count). The van der Waals surface area contributed by atoms with Gasteiger partial charge in [0.15, 0.2) is 0 Å². The van der Waals surface area contributed by atoms with Crippen molar-refractivity contribution in [2.24, 2.45) is 0 Å². The zero-order valence-corrected chi connectivity index (χ0v) is 15.9. The lowest BCUT2D eigenvalue weighted by Crippen LogP contribution is -2.28. The molecule has 1 aliphatic rings. The summed E-state index contributed by atoms with van der Waals surface area (Å²) in [5, 5.41) is 3.32. The van der Waals surface area contributed by atoms with Gasteiger partial charge in [-0.3, -0.25) is 4.98 Å². The number of ether oxygens (including phenoxy) is 1. The molecular weight excluding hydrogens is 380 g/mol. The van der Waals surface area contributed by atoms with Crippen LogP contribution in [0, 0.1) is 0 Å². The van der Waals surface area contributed by atoms with Gasteiger partial charge in [0.1, 0.15) is 0 Å². The van der Waals surface area contributed by atoms with Gasteiger partial charge in [0.2, 0.25) is 0 Å². The van der Waals surface area contributed by atoms with Crippen molar-refractivity contribution in [2.45, 2.75) is 19.8 Å². The first-order valence-electron chi connectivity index (χ1n) is 7.97. The van der Waals surface area contributed by atoms with Crippen LogP contribution >= 0.6 is 15.9 Å². The summed E-state index contributed by atoms with van der Waals surface area (Å²) in [7, 11) is 1.41. The van der Waals surface area contributed by atoms with E-state index in [1.165, 1.54) is 7.11 Å². The van der Waals surface area contributed by atoms with Crippen molar-refractivity contribution >= 4 is 27.5 Å². The van der Waals surface area contributed by atoms with E-state index in [1.807, 2.05) is 56.3 Å². The molecule has 0 amide bonds.